The maximum Gasteiger partial charge on any atom is 0.360 e. The molecule has 0 aromatic heterocycles. The van der Waals surface area contributed by atoms with Crippen LogP contribution in [0.3, 0.4) is 0 Å². The van der Waals surface area contributed by atoms with Crippen LogP contribution in [0.4, 0.5) is 0 Å². The van der Waals surface area contributed by atoms with Crippen LogP contribution in [0.1, 0.15) is 6.42 Å². The van der Waals surface area contributed by atoms with Gasteiger partial charge in [0.2, 0.25) is 0 Å². The topological polar surface area (TPSA) is 73.6 Å². The number of rotatable bonds is 6. The highest BCUT2D eigenvalue weighted by Crippen LogP contribution is 1.88. The molecule has 0 rings (SSSR count). The highest BCUT2D eigenvalue weighted by Gasteiger charge is 2.12. The number of esters is 1. The van der Waals surface area contributed by atoms with Crippen LogP contribution in [-0.2, 0) is 14.2 Å². The van der Waals surface area contributed by atoms with Crippen molar-refractivity contribution < 1.29 is 14.2 Å². The van der Waals surface area contributed by atoms with Crippen LogP contribution < -0.4 is 11.0 Å². The molecule has 0 radical (unpaired) electrons. The van der Waals surface area contributed by atoms with Crippen molar-refractivity contribution >= 4 is 13.6 Å². The first-order valence-corrected chi connectivity index (χ1v) is 3.75. The molecule has 0 aromatic rings. The number of carbonyl (C=O) groups excluding carboxylic acids is 1. The van der Waals surface area contributed by atoms with Gasteiger partial charge >= 0.3 is 13.6 Å². The maximum absolute atomic E-state index is 10.8. The van der Waals surface area contributed by atoms with Crippen LogP contribution in [-0.4, -0.2) is 40.4 Å². The van der Waals surface area contributed by atoms with Gasteiger partial charge in [0.05, 0.1) is 7.11 Å². The van der Waals surface area contributed by atoms with Gasteiger partial charge in [-0.05, 0) is 13.0 Å². The van der Waals surface area contributed by atoms with Crippen LogP contribution in [0, 0.1) is 0 Å². The van der Waals surface area contributed by atoms with E-state index in [-0.39, 0.29) is 5.97 Å². The third-order valence-corrected chi connectivity index (χ3v) is 1.38. The summed E-state index contributed by atoms with van der Waals surface area (Å²) in [6.45, 7) is 0.643. The Kier molecular flexibility index (Phi) is 6.74. The van der Waals surface area contributed by atoms with Gasteiger partial charge in [0.15, 0.2) is 0 Å². The second-order valence-corrected chi connectivity index (χ2v) is 2.35. The van der Waals surface area contributed by atoms with Crippen molar-refractivity contribution in [1.29, 1.82) is 0 Å². The maximum atomic E-state index is 10.8. The van der Waals surface area contributed by atoms with Gasteiger partial charge < -0.3 is 20.4 Å². The summed E-state index contributed by atoms with van der Waals surface area (Å²) in [4.78, 5) is 10.8. The second kappa shape index (κ2) is 7.09. The average Bonchev–Trinajstić information content (AvgIpc) is 2.10. The monoisotopic (exact) mass is 174 g/mol. The van der Waals surface area contributed by atoms with Crippen molar-refractivity contribution in [3.05, 3.63) is 0 Å². The number of carbonyl (C=O) groups is 1. The van der Waals surface area contributed by atoms with Crippen LogP contribution in [0.15, 0.2) is 0 Å². The molecule has 0 aliphatic heterocycles. The molecule has 0 unspecified atom stereocenters. The fourth-order valence-electron chi connectivity index (χ4n) is 0.701. The molecule has 0 heterocycles. The zero-order valence-electron chi connectivity index (χ0n) is 7.50. The minimum absolute atomic E-state index is 0.380. The number of hydrogen-bond donors (Lipinski definition) is 2. The Labute approximate surface area is 72.9 Å². The molecule has 0 fully saturated rings. The van der Waals surface area contributed by atoms with Gasteiger partial charge in [0.1, 0.15) is 6.04 Å². The van der Waals surface area contributed by atoms with E-state index in [1.54, 1.807) is 7.11 Å². The van der Waals surface area contributed by atoms with E-state index in [9.17, 15) is 4.79 Å². The molecule has 0 spiro atoms. The lowest BCUT2D eigenvalue weighted by atomic mass is 10.2. The summed E-state index contributed by atoms with van der Waals surface area (Å²) in [5.41, 5.74) is 5.45. The molecule has 70 valence electrons. The number of ether oxygens (including phenoxy) is 1. The Balaban J connectivity index is 3.31. The molecule has 1 atom stereocenters. The van der Waals surface area contributed by atoms with Gasteiger partial charge in [-0.15, -0.1) is 0 Å². The van der Waals surface area contributed by atoms with Gasteiger partial charge in [-0.25, -0.2) is 0 Å². The van der Waals surface area contributed by atoms with E-state index < -0.39 is 6.04 Å². The first-order chi connectivity index (χ1) is 5.72. The molecule has 0 saturated heterocycles. The number of hydrogen-bond acceptors (Lipinski definition) is 5. The van der Waals surface area contributed by atoms with Gasteiger partial charge in [-0.3, -0.25) is 4.79 Å². The van der Waals surface area contributed by atoms with Crippen molar-refractivity contribution in [3.8, 4) is 0 Å². The summed E-state index contributed by atoms with van der Waals surface area (Å²) in [5, 5.41) is 2.93. The Morgan fingerprint density at radius 3 is 2.83 bits per heavy atom. The molecule has 0 aliphatic carbocycles. The van der Waals surface area contributed by atoms with Crippen molar-refractivity contribution in [2.75, 3.05) is 20.8 Å². The van der Waals surface area contributed by atoms with Crippen LogP contribution >= 0.6 is 0 Å². The Hall–Kier alpha value is -0.585. The minimum atomic E-state index is -0.542. The summed E-state index contributed by atoms with van der Waals surface area (Å²) in [7, 11) is 3.38. The molecule has 0 aromatic carbocycles. The quantitative estimate of drug-likeness (QED) is 0.287. The van der Waals surface area contributed by atoms with Crippen molar-refractivity contribution in [3.63, 3.8) is 0 Å². The van der Waals surface area contributed by atoms with Crippen molar-refractivity contribution in [2.45, 2.75) is 12.5 Å². The summed E-state index contributed by atoms with van der Waals surface area (Å²) >= 11 is 0. The van der Waals surface area contributed by atoms with E-state index in [0.717, 1.165) is 0 Å². The smallest absolute Gasteiger partial charge is 0.360 e. The van der Waals surface area contributed by atoms with Crippen molar-refractivity contribution in [2.24, 2.45) is 5.73 Å². The Morgan fingerprint density at radius 2 is 2.33 bits per heavy atom. The predicted molar refractivity (Wildman–Crippen MR) is 46.8 cm³/mol. The third kappa shape index (κ3) is 5.12. The Morgan fingerprint density at radius 1 is 1.67 bits per heavy atom. The lowest BCUT2D eigenvalue weighted by Gasteiger charge is -2.08. The zero-order valence-corrected chi connectivity index (χ0v) is 7.50. The second-order valence-electron chi connectivity index (χ2n) is 2.35. The molecular formula is C6H15BN2O3. The summed E-state index contributed by atoms with van der Waals surface area (Å²) in [6, 6.07) is -0.542. The lowest BCUT2D eigenvalue weighted by molar-refractivity contribution is -0.142. The number of methoxy groups -OCH3 is 1. The third-order valence-electron chi connectivity index (χ3n) is 1.38. The van der Waals surface area contributed by atoms with E-state index in [1.807, 2.05) is 0 Å². The Bertz CT molecular complexity index is 134. The molecule has 0 saturated carbocycles. The van der Waals surface area contributed by atoms with Gasteiger partial charge in [0.25, 0.3) is 0 Å². The molecule has 0 bridgehead atoms. The summed E-state index contributed by atoms with van der Waals surface area (Å²) in [6.07, 6.45) is 0.552. The van der Waals surface area contributed by atoms with Crippen molar-refractivity contribution in [1.82, 2.24) is 5.23 Å². The molecule has 5 nitrogen and oxygen atoms in total. The fraction of sp³-hybridized carbons (Fsp3) is 0.833. The van der Waals surface area contributed by atoms with Crippen LogP contribution in [0.25, 0.3) is 0 Å². The highest BCUT2D eigenvalue weighted by molar-refractivity contribution is 6.23. The fourth-order valence-corrected chi connectivity index (χ4v) is 0.701. The predicted octanol–water partition coefficient (Wildman–Crippen LogP) is -1.62. The largest absolute Gasteiger partial charge is 0.468 e. The number of nitrogens with two attached hydrogens (primary N) is 1. The number of nitrogens with one attached hydrogen (secondary N) is 1. The highest BCUT2D eigenvalue weighted by atomic mass is 16.5. The van der Waals surface area contributed by atoms with E-state index in [4.69, 9.17) is 10.4 Å². The molecule has 12 heavy (non-hydrogen) atoms. The first kappa shape index (κ1) is 11.4. The van der Waals surface area contributed by atoms with E-state index in [2.05, 4.69) is 9.96 Å². The van der Waals surface area contributed by atoms with Crippen LogP contribution in [0.5, 0.6) is 0 Å². The molecule has 6 heteroatoms. The van der Waals surface area contributed by atoms with E-state index >= 15 is 0 Å². The SMILES string of the molecule is COBNCC[C@H](N)C(=O)OC. The van der Waals surface area contributed by atoms with Gasteiger partial charge in [0, 0.05) is 7.11 Å². The minimum Gasteiger partial charge on any atom is -0.468 e. The molecular weight excluding hydrogens is 159 g/mol. The van der Waals surface area contributed by atoms with Crippen LogP contribution in [0.2, 0.25) is 0 Å². The van der Waals surface area contributed by atoms with E-state index in [0.29, 0.717) is 20.6 Å². The standard InChI is InChI=1S/C6H15BN2O3/c1-11-6(10)5(8)3-4-9-7-12-2/h5,7,9H,3-4,8H2,1-2H3/t5-/m0/s1. The zero-order chi connectivity index (χ0) is 9.40. The summed E-state index contributed by atoms with van der Waals surface area (Å²) < 4.78 is 9.19. The molecule has 3 N–H and O–H groups in total. The molecule has 0 aliphatic rings. The first-order valence-electron chi connectivity index (χ1n) is 3.75. The normalized spacial score (nSPS) is 12.2. The average molecular weight is 174 g/mol. The van der Waals surface area contributed by atoms with Gasteiger partial charge in [-0.2, -0.15) is 0 Å². The molecule has 0 amide bonds. The van der Waals surface area contributed by atoms with Gasteiger partial charge in [-0.1, -0.05) is 0 Å². The summed E-state index contributed by atoms with van der Waals surface area (Å²) in [5.74, 6) is -0.380. The van der Waals surface area contributed by atoms with E-state index in [1.165, 1.54) is 7.11 Å². The lowest BCUT2D eigenvalue weighted by Crippen LogP contribution is -2.35.